The molecule has 1 unspecified atom stereocenters. The summed E-state index contributed by atoms with van der Waals surface area (Å²) in [4.78, 5) is 0. The summed E-state index contributed by atoms with van der Waals surface area (Å²) < 4.78 is 6.33. The molecule has 0 aliphatic carbocycles. The van der Waals surface area contributed by atoms with Crippen LogP contribution in [0.4, 0.5) is 0 Å². The Balaban J connectivity index is 3.70. The molecule has 0 radical (unpaired) electrons. The maximum Gasteiger partial charge on any atom is 0.341 e. The second-order valence-electron chi connectivity index (χ2n) is 6.93. The molecule has 0 aromatic carbocycles. The first-order valence-corrected chi connectivity index (χ1v) is 19.4. The van der Waals surface area contributed by atoms with Gasteiger partial charge in [0.05, 0.1) is 8.80 Å². The van der Waals surface area contributed by atoms with Gasteiger partial charge >= 0.3 is 6.00 Å². The summed E-state index contributed by atoms with van der Waals surface area (Å²) in [6.07, 6.45) is 7.33. The third-order valence-corrected chi connectivity index (χ3v) is 9.06. The number of hydrogen-bond acceptors (Lipinski definition) is 1. The highest BCUT2D eigenvalue weighted by atomic mass is 35.8. The van der Waals surface area contributed by atoms with E-state index in [0.29, 0.717) is 5.73 Å². The molecule has 0 spiro atoms. The van der Waals surface area contributed by atoms with E-state index < -0.39 is 23.1 Å². The van der Waals surface area contributed by atoms with E-state index in [1.165, 1.54) is 32.1 Å². The van der Waals surface area contributed by atoms with Crippen molar-refractivity contribution in [1.29, 1.82) is 0 Å². The lowest BCUT2D eigenvalue weighted by molar-refractivity contribution is 0.250. The van der Waals surface area contributed by atoms with E-state index in [1.807, 2.05) is 0 Å². The van der Waals surface area contributed by atoms with Crippen molar-refractivity contribution in [3.05, 3.63) is 0 Å². The van der Waals surface area contributed by atoms with Crippen molar-refractivity contribution in [2.45, 2.75) is 83.0 Å². The summed E-state index contributed by atoms with van der Waals surface area (Å²) in [6.45, 7) is 11.7. The van der Waals surface area contributed by atoms with E-state index in [4.69, 9.17) is 37.7 Å². The van der Waals surface area contributed by atoms with Crippen LogP contribution >= 0.6 is 33.2 Å². The van der Waals surface area contributed by atoms with E-state index in [1.54, 1.807) is 0 Å². The maximum absolute atomic E-state index is 6.33. The molecule has 1 nitrogen and oxygen atoms in total. The highest BCUT2D eigenvalue weighted by Crippen LogP contribution is 2.27. The third-order valence-electron chi connectivity index (χ3n) is 3.20. The van der Waals surface area contributed by atoms with E-state index in [9.17, 15) is 0 Å². The van der Waals surface area contributed by atoms with Crippen molar-refractivity contribution >= 4 is 56.4 Å². The first-order chi connectivity index (χ1) is 9.01. The van der Waals surface area contributed by atoms with Gasteiger partial charge in [-0.2, -0.15) is 0 Å². The van der Waals surface area contributed by atoms with Gasteiger partial charge in [0.2, 0.25) is 0 Å². The molecule has 0 aliphatic heterocycles. The average molecular weight is 394 g/mol. The van der Waals surface area contributed by atoms with Crippen molar-refractivity contribution in [2.75, 3.05) is 0 Å². The Morgan fingerprint density at radius 3 is 1.85 bits per heavy atom. The fourth-order valence-electron chi connectivity index (χ4n) is 2.18. The Kier molecular flexibility index (Phi) is 11.1. The lowest BCUT2D eigenvalue weighted by atomic mass is 10.1. The van der Waals surface area contributed by atoms with Gasteiger partial charge in [0, 0.05) is 5.73 Å². The molecule has 0 aromatic heterocycles. The second-order valence-corrected chi connectivity index (χ2v) is 23.9. The largest absolute Gasteiger partial charge is 0.418 e. The highest BCUT2D eigenvalue weighted by Gasteiger charge is 2.24. The zero-order chi connectivity index (χ0) is 15.8. The van der Waals surface area contributed by atoms with Crippen molar-refractivity contribution in [3.8, 4) is 0 Å². The summed E-state index contributed by atoms with van der Waals surface area (Å²) in [5.74, 6) is 0. The molecular weight excluding hydrogens is 363 g/mol. The Morgan fingerprint density at radius 2 is 1.40 bits per heavy atom. The van der Waals surface area contributed by atoms with Gasteiger partial charge in [-0.1, -0.05) is 45.2 Å². The smallest absolute Gasteiger partial charge is 0.341 e. The standard InChI is InChI=1S/C13H31Cl3OSi3/c1-18(2)13(17-19(3,4)5)11-9-7-6-8-10-12-20(14,15)16/h13,18H,6-12H2,1-5H3. The van der Waals surface area contributed by atoms with E-state index in [0.717, 1.165) is 12.5 Å². The number of unbranched alkanes of at least 4 members (excludes halogenated alkanes) is 4. The van der Waals surface area contributed by atoms with Gasteiger partial charge in [-0.3, -0.25) is 0 Å². The molecule has 0 N–H and O–H groups in total. The summed E-state index contributed by atoms with van der Waals surface area (Å²) in [5.41, 5.74) is 0.565. The van der Waals surface area contributed by atoms with Crippen molar-refractivity contribution in [2.24, 2.45) is 0 Å². The minimum atomic E-state index is -2.38. The Hall–Kier alpha value is 1.48. The van der Waals surface area contributed by atoms with Gasteiger partial charge in [-0.05, 0) is 32.1 Å². The van der Waals surface area contributed by atoms with Crippen LogP contribution in [0.1, 0.15) is 38.5 Å². The molecular formula is C13H31Cl3OSi3. The minimum absolute atomic E-state index is 0.565. The number of hydrogen-bond donors (Lipinski definition) is 0. The molecule has 0 amide bonds. The lowest BCUT2D eigenvalue weighted by Crippen LogP contribution is -2.38. The Morgan fingerprint density at radius 1 is 0.900 bits per heavy atom. The fourth-order valence-corrected chi connectivity index (χ4v) is 8.28. The summed E-state index contributed by atoms with van der Waals surface area (Å²) in [5, 5.41) is 0. The minimum Gasteiger partial charge on any atom is -0.418 e. The van der Waals surface area contributed by atoms with Gasteiger partial charge in [-0.25, -0.2) is 0 Å². The van der Waals surface area contributed by atoms with Crippen LogP contribution in [0, 0.1) is 0 Å². The third kappa shape index (κ3) is 14.4. The molecule has 0 aromatic rings. The summed E-state index contributed by atoms with van der Waals surface area (Å²) in [7, 11) is -2.10. The highest BCUT2D eigenvalue weighted by molar-refractivity contribution is 7.64. The monoisotopic (exact) mass is 392 g/mol. The SMILES string of the molecule is C[SiH](C)C(CCCCCCC[Si](Cl)(Cl)Cl)O[Si](C)(C)C. The van der Waals surface area contributed by atoms with Crippen LogP contribution in [0.25, 0.3) is 0 Å². The zero-order valence-corrected chi connectivity index (χ0v) is 19.1. The van der Waals surface area contributed by atoms with Crippen molar-refractivity contribution in [1.82, 2.24) is 0 Å². The molecule has 0 bridgehead atoms. The van der Waals surface area contributed by atoms with Crippen molar-refractivity contribution in [3.63, 3.8) is 0 Å². The molecule has 122 valence electrons. The first-order valence-electron chi connectivity index (χ1n) is 7.76. The van der Waals surface area contributed by atoms with Gasteiger partial charge < -0.3 is 4.43 Å². The van der Waals surface area contributed by atoms with Gasteiger partial charge in [-0.15, -0.1) is 33.2 Å². The molecule has 1 atom stereocenters. The Bertz CT molecular complexity index is 252. The van der Waals surface area contributed by atoms with E-state index in [-0.39, 0.29) is 0 Å². The molecule has 0 saturated carbocycles. The predicted octanol–water partition coefficient (Wildman–Crippen LogP) is 6.23. The van der Waals surface area contributed by atoms with Crippen LogP contribution in [-0.4, -0.2) is 28.8 Å². The summed E-state index contributed by atoms with van der Waals surface area (Å²) >= 11 is 17.6. The predicted molar refractivity (Wildman–Crippen MR) is 103 cm³/mol. The molecule has 20 heavy (non-hydrogen) atoms. The maximum atomic E-state index is 6.33. The van der Waals surface area contributed by atoms with Crippen molar-refractivity contribution < 1.29 is 4.43 Å². The quantitative estimate of drug-likeness (QED) is 0.230. The van der Waals surface area contributed by atoms with Gasteiger partial charge in [0.1, 0.15) is 0 Å². The number of rotatable bonds is 11. The fraction of sp³-hybridized carbons (Fsp3) is 1.00. The summed E-state index contributed by atoms with van der Waals surface area (Å²) in [6, 6.07) is -1.57. The van der Waals surface area contributed by atoms with E-state index >= 15 is 0 Å². The van der Waals surface area contributed by atoms with Gasteiger partial charge in [0.25, 0.3) is 0 Å². The van der Waals surface area contributed by atoms with Crippen LogP contribution in [0.5, 0.6) is 0 Å². The molecule has 0 saturated heterocycles. The van der Waals surface area contributed by atoms with Gasteiger partial charge in [0.15, 0.2) is 8.32 Å². The molecule has 0 aliphatic rings. The molecule has 0 rings (SSSR count). The molecule has 0 fully saturated rings. The van der Waals surface area contributed by atoms with E-state index in [2.05, 4.69) is 32.7 Å². The van der Waals surface area contributed by atoms with Crippen LogP contribution in [0.3, 0.4) is 0 Å². The normalized spacial score (nSPS) is 14.8. The molecule has 7 heteroatoms. The number of halogens is 3. The first kappa shape index (κ1) is 21.5. The topological polar surface area (TPSA) is 9.23 Å². The lowest BCUT2D eigenvalue weighted by Gasteiger charge is -2.28. The zero-order valence-electron chi connectivity index (χ0n) is 13.6. The average Bonchev–Trinajstić information content (AvgIpc) is 2.22. The van der Waals surface area contributed by atoms with Crippen LogP contribution in [0.2, 0.25) is 38.8 Å². The van der Waals surface area contributed by atoms with Crippen LogP contribution in [-0.2, 0) is 4.43 Å². The molecule has 0 heterocycles. The second kappa shape index (κ2) is 10.3. The van der Waals surface area contributed by atoms with Crippen LogP contribution in [0.15, 0.2) is 0 Å². The Labute approximate surface area is 143 Å². The van der Waals surface area contributed by atoms with Crippen LogP contribution < -0.4 is 0 Å².